The van der Waals surface area contributed by atoms with Gasteiger partial charge in [-0.2, -0.15) is 5.26 Å². The molecule has 2 aromatic carbocycles. The Bertz CT molecular complexity index is 869. The molecule has 0 atom stereocenters. The molecule has 0 unspecified atom stereocenters. The van der Waals surface area contributed by atoms with Crippen LogP contribution in [0.3, 0.4) is 0 Å². The number of aryl methyl sites for hydroxylation is 1. The second-order valence-electron chi connectivity index (χ2n) is 5.68. The summed E-state index contributed by atoms with van der Waals surface area (Å²) in [6, 6.07) is 13.9. The van der Waals surface area contributed by atoms with Crippen LogP contribution >= 0.6 is 0 Å². The van der Waals surface area contributed by atoms with Gasteiger partial charge in [0, 0.05) is 26.3 Å². The summed E-state index contributed by atoms with van der Waals surface area (Å²) in [6.45, 7) is 2.85. The van der Waals surface area contributed by atoms with Gasteiger partial charge in [-0.15, -0.1) is 0 Å². The van der Waals surface area contributed by atoms with Crippen molar-refractivity contribution in [2.75, 3.05) is 32.6 Å². The van der Waals surface area contributed by atoms with Gasteiger partial charge in [0.2, 0.25) is 10.0 Å². The molecule has 0 bridgehead atoms. The van der Waals surface area contributed by atoms with Gasteiger partial charge < -0.3 is 10.1 Å². The summed E-state index contributed by atoms with van der Waals surface area (Å²) < 4.78 is 31.2. The first-order valence-corrected chi connectivity index (χ1v) is 9.18. The minimum absolute atomic E-state index is 0.249. The average Bonchev–Trinajstić information content (AvgIpc) is 2.60. The Balaban J connectivity index is 1.97. The number of rotatable bonds is 7. The van der Waals surface area contributed by atoms with Crippen LogP contribution in [0.5, 0.6) is 5.75 Å². The number of hydrogen-bond acceptors (Lipinski definition) is 5. The Morgan fingerprint density at radius 1 is 1.16 bits per heavy atom. The molecule has 25 heavy (non-hydrogen) atoms. The molecule has 0 saturated carbocycles. The van der Waals surface area contributed by atoms with E-state index in [1.54, 1.807) is 42.5 Å². The van der Waals surface area contributed by atoms with E-state index < -0.39 is 10.0 Å². The molecule has 0 aliphatic rings. The third kappa shape index (κ3) is 4.72. The van der Waals surface area contributed by atoms with Crippen LogP contribution in [-0.4, -0.2) is 40.0 Å². The standard InChI is InChI=1S/C18H21N3O3S/c1-14-4-9-17(25(22,23)21(2)3)12-18(14)20-10-11-24-16-7-5-15(13-19)6-8-16/h4-9,12,20H,10-11H2,1-3H3. The van der Waals surface area contributed by atoms with Gasteiger partial charge in [0.25, 0.3) is 0 Å². The van der Waals surface area contributed by atoms with Crippen LogP contribution < -0.4 is 10.1 Å². The van der Waals surface area contributed by atoms with E-state index in [2.05, 4.69) is 11.4 Å². The number of sulfonamides is 1. The highest BCUT2D eigenvalue weighted by molar-refractivity contribution is 7.89. The largest absolute Gasteiger partial charge is 0.492 e. The van der Waals surface area contributed by atoms with Gasteiger partial charge in [0.1, 0.15) is 12.4 Å². The molecule has 0 amide bonds. The fraction of sp³-hybridized carbons (Fsp3) is 0.278. The van der Waals surface area contributed by atoms with Gasteiger partial charge >= 0.3 is 0 Å². The van der Waals surface area contributed by atoms with Gasteiger partial charge in [0.15, 0.2) is 0 Å². The summed E-state index contributed by atoms with van der Waals surface area (Å²) in [4.78, 5) is 0.249. The Labute approximate surface area is 148 Å². The monoisotopic (exact) mass is 359 g/mol. The zero-order valence-corrected chi connectivity index (χ0v) is 15.3. The van der Waals surface area contributed by atoms with Gasteiger partial charge in [-0.05, 0) is 48.9 Å². The summed E-state index contributed by atoms with van der Waals surface area (Å²) in [5, 5.41) is 12.0. The van der Waals surface area contributed by atoms with E-state index in [0.717, 1.165) is 11.3 Å². The molecule has 6 nitrogen and oxygen atoms in total. The lowest BCUT2D eigenvalue weighted by molar-refractivity contribution is 0.333. The van der Waals surface area contributed by atoms with E-state index in [4.69, 9.17) is 10.00 Å². The molecule has 0 radical (unpaired) electrons. The molecule has 2 aromatic rings. The van der Waals surface area contributed by atoms with E-state index in [1.165, 1.54) is 18.4 Å². The van der Waals surface area contributed by atoms with Crippen molar-refractivity contribution >= 4 is 15.7 Å². The van der Waals surface area contributed by atoms with Crippen LogP contribution in [0.4, 0.5) is 5.69 Å². The molecule has 2 rings (SSSR count). The molecular formula is C18H21N3O3S. The van der Waals surface area contributed by atoms with Crippen molar-refractivity contribution in [3.63, 3.8) is 0 Å². The zero-order chi connectivity index (χ0) is 18.4. The van der Waals surface area contributed by atoms with Crippen molar-refractivity contribution < 1.29 is 13.2 Å². The lowest BCUT2D eigenvalue weighted by Gasteiger charge is -2.15. The van der Waals surface area contributed by atoms with Gasteiger partial charge in [0.05, 0.1) is 16.5 Å². The maximum atomic E-state index is 12.2. The molecule has 0 aromatic heterocycles. The maximum Gasteiger partial charge on any atom is 0.242 e. The SMILES string of the molecule is Cc1ccc(S(=O)(=O)N(C)C)cc1NCCOc1ccc(C#N)cc1. The van der Waals surface area contributed by atoms with Crippen LogP contribution in [0.15, 0.2) is 47.4 Å². The van der Waals surface area contributed by atoms with E-state index >= 15 is 0 Å². The number of nitriles is 1. The highest BCUT2D eigenvalue weighted by Gasteiger charge is 2.17. The average molecular weight is 359 g/mol. The quantitative estimate of drug-likeness (QED) is 0.769. The summed E-state index contributed by atoms with van der Waals surface area (Å²) in [6.07, 6.45) is 0. The fourth-order valence-corrected chi connectivity index (χ4v) is 3.07. The predicted molar refractivity (Wildman–Crippen MR) is 97.2 cm³/mol. The summed E-state index contributed by atoms with van der Waals surface area (Å²) >= 11 is 0. The third-order valence-corrected chi connectivity index (χ3v) is 5.47. The van der Waals surface area contributed by atoms with Crippen molar-refractivity contribution in [2.45, 2.75) is 11.8 Å². The van der Waals surface area contributed by atoms with Crippen molar-refractivity contribution in [3.8, 4) is 11.8 Å². The Morgan fingerprint density at radius 2 is 1.84 bits per heavy atom. The van der Waals surface area contributed by atoms with E-state index in [-0.39, 0.29) is 4.90 Å². The molecular weight excluding hydrogens is 338 g/mol. The summed E-state index contributed by atoms with van der Waals surface area (Å²) in [5.41, 5.74) is 2.29. The number of anilines is 1. The molecule has 0 fully saturated rings. The Kier molecular flexibility index (Phi) is 6.02. The fourth-order valence-electron chi connectivity index (χ4n) is 2.14. The number of benzene rings is 2. The second kappa shape index (κ2) is 8.01. The number of nitrogens with zero attached hydrogens (tertiary/aromatic N) is 2. The minimum Gasteiger partial charge on any atom is -0.492 e. The summed E-state index contributed by atoms with van der Waals surface area (Å²) in [5.74, 6) is 0.682. The van der Waals surface area contributed by atoms with Crippen LogP contribution in [-0.2, 0) is 10.0 Å². The Hall–Kier alpha value is -2.56. The first-order chi connectivity index (χ1) is 11.8. The van der Waals surface area contributed by atoms with Crippen molar-refractivity contribution in [2.24, 2.45) is 0 Å². The van der Waals surface area contributed by atoms with Gasteiger partial charge in [-0.25, -0.2) is 12.7 Å². The van der Waals surface area contributed by atoms with Crippen LogP contribution in [0.1, 0.15) is 11.1 Å². The molecule has 7 heteroatoms. The molecule has 0 saturated heterocycles. The zero-order valence-electron chi connectivity index (χ0n) is 14.5. The normalized spacial score (nSPS) is 11.2. The lowest BCUT2D eigenvalue weighted by atomic mass is 10.2. The smallest absolute Gasteiger partial charge is 0.242 e. The number of nitrogens with one attached hydrogen (secondary N) is 1. The van der Waals surface area contributed by atoms with Crippen molar-refractivity contribution in [1.29, 1.82) is 5.26 Å². The number of ether oxygens (including phenoxy) is 1. The van der Waals surface area contributed by atoms with E-state index in [0.29, 0.717) is 24.5 Å². The van der Waals surface area contributed by atoms with Crippen molar-refractivity contribution in [1.82, 2.24) is 4.31 Å². The maximum absolute atomic E-state index is 12.2. The third-order valence-electron chi connectivity index (χ3n) is 3.66. The second-order valence-corrected chi connectivity index (χ2v) is 7.83. The molecule has 0 heterocycles. The molecule has 132 valence electrons. The summed E-state index contributed by atoms with van der Waals surface area (Å²) in [7, 11) is -0.445. The van der Waals surface area contributed by atoms with E-state index in [9.17, 15) is 8.42 Å². The van der Waals surface area contributed by atoms with Crippen LogP contribution in [0, 0.1) is 18.3 Å². The molecule has 0 aliphatic heterocycles. The first-order valence-electron chi connectivity index (χ1n) is 7.74. The first kappa shape index (κ1) is 18.8. The topological polar surface area (TPSA) is 82.4 Å². The lowest BCUT2D eigenvalue weighted by Crippen LogP contribution is -2.22. The predicted octanol–water partition coefficient (Wildman–Crippen LogP) is 2.61. The highest BCUT2D eigenvalue weighted by atomic mass is 32.2. The van der Waals surface area contributed by atoms with Gasteiger partial charge in [-0.3, -0.25) is 0 Å². The number of hydrogen-bond donors (Lipinski definition) is 1. The van der Waals surface area contributed by atoms with Gasteiger partial charge in [-0.1, -0.05) is 6.07 Å². The van der Waals surface area contributed by atoms with Crippen LogP contribution in [0.25, 0.3) is 0 Å². The van der Waals surface area contributed by atoms with Crippen molar-refractivity contribution in [3.05, 3.63) is 53.6 Å². The highest BCUT2D eigenvalue weighted by Crippen LogP contribution is 2.21. The Morgan fingerprint density at radius 3 is 2.44 bits per heavy atom. The molecule has 1 N–H and O–H groups in total. The molecule has 0 spiro atoms. The molecule has 0 aliphatic carbocycles. The van der Waals surface area contributed by atoms with Crippen LogP contribution in [0.2, 0.25) is 0 Å². The minimum atomic E-state index is -3.46. The van der Waals surface area contributed by atoms with E-state index in [1.807, 2.05) is 6.92 Å².